The van der Waals surface area contributed by atoms with E-state index >= 15 is 0 Å². The maximum atomic E-state index is 13.7. The van der Waals surface area contributed by atoms with Crippen LogP contribution in [0.15, 0.2) is 0 Å². The lowest BCUT2D eigenvalue weighted by atomic mass is 9.65. The summed E-state index contributed by atoms with van der Waals surface area (Å²) in [6.45, 7) is 20.2. The molecule has 0 aromatic heterocycles. The second kappa shape index (κ2) is 7.03. The highest BCUT2D eigenvalue weighted by atomic mass is 16.6. The Morgan fingerprint density at radius 1 is 0.618 bits per heavy atom. The molecule has 0 aromatic carbocycles. The van der Waals surface area contributed by atoms with Crippen molar-refractivity contribution in [2.75, 3.05) is 0 Å². The van der Waals surface area contributed by atoms with Crippen molar-refractivity contribution >= 4 is 11.9 Å². The Bertz CT molecular complexity index is 901. The molecule has 0 spiro atoms. The zero-order chi connectivity index (χ0) is 25.1. The van der Waals surface area contributed by atoms with Crippen LogP contribution in [0.1, 0.15) is 114 Å². The van der Waals surface area contributed by atoms with Crippen LogP contribution in [0.5, 0.6) is 0 Å². The highest BCUT2D eigenvalue weighted by Gasteiger charge is 2.66. The van der Waals surface area contributed by atoms with Gasteiger partial charge in [-0.2, -0.15) is 0 Å². The van der Waals surface area contributed by atoms with Gasteiger partial charge in [-0.05, 0) is 86.4 Å². The monoisotopic (exact) mass is 472 g/mol. The van der Waals surface area contributed by atoms with Crippen LogP contribution < -0.4 is 0 Å². The molecule has 0 saturated heterocycles. The Balaban J connectivity index is 1.29. The van der Waals surface area contributed by atoms with Crippen LogP contribution in [0.3, 0.4) is 0 Å². The number of esters is 2. The Hall–Kier alpha value is -1.06. The van der Waals surface area contributed by atoms with Crippen LogP contribution in [0.2, 0.25) is 0 Å². The molecular weight excluding hydrogens is 424 g/mol. The molecule has 4 nitrogen and oxygen atoms in total. The summed E-state index contributed by atoms with van der Waals surface area (Å²) in [5.41, 5.74) is -0.635. The normalized spacial score (nSPS) is 49.4. The van der Waals surface area contributed by atoms with Crippen molar-refractivity contribution in [2.24, 2.45) is 50.2 Å². The van der Waals surface area contributed by atoms with Gasteiger partial charge in [-0.3, -0.25) is 9.59 Å². The van der Waals surface area contributed by atoms with E-state index in [1.165, 1.54) is 12.8 Å². The van der Waals surface area contributed by atoms with E-state index in [9.17, 15) is 9.59 Å². The van der Waals surface area contributed by atoms with Crippen molar-refractivity contribution < 1.29 is 19.1 Å². The Morgan fingerprint density at radius 3 is 1.50 bits per heavy atom. The first-order valence-corrected chi connectivity index (χ1v) is 13.9. The summed E-state index contributed by atoms with van der Waals surface area (Å²) in [5.74, 6) is 0.816. The van der Waals surface area contributed by atoms with Crippen molar-refractivity contribution in [2.45, 2.75) is 126 Å². The molecule has 0 aromatic rings. The standard InChI is InChI=1S/C30H48O4/c1-25(2)18-10-13-28(25,7)21(16-18)33-23(31)20-12-15-30(9,27(20,5)6)24(32)34-22-17-19-11-14-29(22,8)26(19,3)4/h18-22H,10-17H2,1-9H3. The summed E-state index contributed by atoms with van der Waals surface area (Å²) >= 11 is 0. The molecule has 4 heteroatoms. The zero-order valence-corrected chi connectivity index (χ0v) is 23.2. The van der Waals surface area contributed by atoms with E-state index in [1.54, 1.807) is 0 Å². The van der Waals surface area contributed by atoms with Crippen LogP contribution in [-0.4, -0.2) is 24.1 Å². The van der Waals surface area contributed by atoms with E-state index < -0.39 is 10.8 Å². The van der Waals surface area contributed by atoms with Crippen LogP contribution >= 0.6 is 0 Å². The third-order valence-corrected chi connectivity index (χ3v) is 13.9. The molecule has 5 fully saturated rings. The molecule has 34 heavy (non-hydrogen) atoms. The van der Waals surface area contributed by atoms with Gasteiger partial charge in [0.25, 0.3) is 0 Å². The lowest BCUT2D eigenvalue weighted by molar-refractivity contribution is -0.178. The third-order valence-electron chi connectivity index (χ3n) is 13.9. The minimum absolute atomic E-state index is 0.000391. The predicted octanol–water partition coefficient (Wildman–Crippen LogP) is 6.94. The Kier molecular flexibility index (Phi) is 5.09. The fourth-order valence-corrected chi connectivity index (χ4v) is 9.38. The van der Waals surface area contributed by atoms with Crippen LogP contribution in [0.25, 0.3) is 0 Å². The highest BCUT2D eigenvalue weighted by Crippen LogP contribution is 2.68. The van der Waals surface area contributed by atoms with Crippen LogP contribution in [-0.2, 0) is 19.1 Å². The van der Waals surface area contributed by atoms with Gasteiger partial charge in [0, 0.05) is 10.8 Å². The molecule has 0 N–H and O–H groups in total. The average Bonchev–Trinajstić information content (AvgIpc) is 3.33. The second-order valence-corrected chi connectivity index (χ2v) is 15.2. The van der Waals surface area contributed by atoms with Gasteiger partial charge in [-0.15, -0.1) is 0 Å². The van der Waals surface area contributed by atoms with E-state index in [1.807, 2.05) is 6.92 Å². The van der Waals surface area contributed by atoms with Gasteiger partial charge in [0.2, 0.25) is 0 Å². The Morgan fingerprint density at radius 2 is 1.09 bits per heavy atom. The molecule has 0 heterocycles. The summed E-state index contributed by atoms with van der Waals surface area (Å²) in [7, 11) is 0. The number of rotatable bonds is 4. The number of hydrogen-bond acceptors (Lipinski definition) is 4. The molecule has 5 saturated carbocycles. The number of hydrogen-bond donors (Lipinski definition) is 0. The van der Waals surface area contributed by atoms with E-state index in [2.05, 4.69) is 55.4 Å². The minimum atomic E-state index is -0.670. The summed E-state index contributed by atoms with van der Waals surface area (Å²) in [6, 6.07) is 0. The lowest BCUT2D eigenvalue weighted by Crippen LogP contribution is -2.48. The molecule has 8 unspecified atom stereocenters. The van der Waals surface area contributed by atoms with Gasteiger partial charge in [-0.1, -0.05) is 55.4 Å². The number of carbonyl (C=O) groups is 2. The maximum absolute atomic E-state index is 13.7. The van der Waals surface area contributed by atoms with Crippen LogP contribution in [0.4, 0.5) is 0 Å². The van der Waals surface area contributed by atoms with Gasteiger partial charge in [0.15, 0.2) is 0 Å². The van der Waals surface area contributed by atoms with E-state index in [0.29, 0.717) is 24.7 Å². The van der Waals surface area contributed by atoms with E-state index in [4.69, 9.17) is 9.47 Å². The predicted molar refractivity (Wildman–Crippen MR) is 133 cm³/mol. The smallest absolute Gasteiger partial charge is 0.312 e. The summed E-state index contributed by atoms with van der Waals surface area (Å²) in [6.07, 6.45) is 8.10. The fraction of sp³-hybridized carbons (Fsp3) is 0.933. The fourth-order valence-electron chi connectivity index (χ4n) is 9.38. The SMILES string of the molecule is CC1(C(=O)OC2CC3CCC2(C)C3(C)C)CCC(C(=O)OC2CC3CCC2(C)C3(C)C)C1(C)C. The minimum Gasteiger partial charge on any atom is -0.462 e. The Labute approximate surface area is 207 Å². The van der Waals surface area contributed by atoms with E-state index in [0.717, 1.165) is 25.7 Å². The van der Waals surface area contributed by atoms with Crippen molar-refractivity contribution in [1.82, 2.24) is 0 Å². The molecule has 5 aliphatic rings. The largest absolute Gasteiger partial charge is 0.462 e. The quantitative estimate of drug-likeness (QED) is 0.416. The molecule has 8 atom stereocenters. The number of fused-ring (bicyclic) bond motifs is 4. The first kappa shape index (κ1) is 24.6. The molecule has 0 aliphatic heterocycles. The van der Waals surface area contributed by atoms with Gasteiger partial charge >= 0.3 is 11.9 Å². The number of ether oxygens (including phenoxy) is 2. The second-order valence-electron chi connectivity index (χ2n) is 15.2. The van der Waals surface area contributed by atoms with Gasteiger partial charge in [-0.25, -0.2) is 0 Å². The zero-order valence-electron chi connectivity index (χ0n) is 23.2. The molecular formula is C30H48O4. The third kappa shape index (κ3) is 2.78. The highest BCUT2D eigenvalue weighted by molar-refractivity contribution is 5.82. The average molecular weight is 473 g/mol. The van der Waals surface area contributed by atoms with E-state index in [-0.39, 0.29) is 51.7 Å². The number of carbonyl (C=O) groups excluding carboxylic acids is 2. The van der Waals surface area contributed by atoms with Crippen molar-refractivity contribution in [3.8, 4) is 0 Å². The van der Waals surface area contributed by atoms with Crippen LogP contribution in [0, 0.1) is 50.2 Å². The maximum Gasteiger partial charge on any atom is 0.312 e. The van der Waals surface area contributed by atoms with Gasteiger partial charge < -0.3 is 9.47 Å². The summed E-state index contributed by atoms with van der Waals surface area (Å²) in [4.78, 5) is 27.3. The van der Waals surface area contributed by atoms with Crippen molar-refractivity contribution in [3.63, 3.8) is 0 Å². The summed E-state index contributed by atoms with van der Waals surface area (Å²) in [5, 5.41) is 0. The van der Waals surface area contributed by atoms with Gasteiger partial charge in [0.05, 0.1) is 11.3 Å². The first-order valence-electron chi connectivity index (χ1n) is 13.9. The molecule has 192 valence electrons. The topological polar surface area (TPSA) is 52.6 Å². The molecule has 4 bridgehead atoms. The molecule has 0 amide bonds. The summed E-state index contributed by atoms with van der Waals surface area (Å²) < 4.78 is 12.7. The first-order chi connectivity index (χ1) is 15.5. The van der Waals surface area contributed by atoms with Crippen molar-refractivity contribution in [3.05, 3.63) is 0 Å². The van der Waals surface area contributed by atoms with Gasteiger partial charge in [0.1, 0.15) is 12.2 Å². The molecule has 0 radical (unpaired) electrons. The lowest BCUT2D eigenvalue weighted by Gasteiger charge is -2.43. The molecule has 5 rings (SSSR count). The molecule has 5 aliphatic carbocycles. The van der Waals surface area contributed by atoms with Crippen molar-refractivity contribution in [1.29, 1.82) is 0 Å².